The standard InChI is InChI=1S/C17H11ClN2O2S/c18-12-4-2-1-3-11(12)17-20-14(9-23-17)10-5-6-15-13(7-10)19-16(21)8-22-15/h1-7,9H,8H2,(H,19,21). The van der Waals surface area contributed by atoms with Gasteiger partial charge in [-0.3, -0.25) is 4.79 Å². The second kappa shape index (κ2) is 5.68. The van der Waals surface area contributed by atoms with Gasteiger partial charge in [0.25, 0.3) is 5.91 Å². The molecular formula is C17H11ClN2O2S. The van der Waals surface area contributed by atoms with Crippen molar-refractivity contribution in [3.63, 3.8) is 0 Å². The highest BCUT2D eigenvalue weighted by atomic mass is 35.5. The van der Waals surface area contributed by atoms with Crippen LogP contribution in [0.15, 0.2) is 47.8 Å². The predicted octanol–water partition coefficient (Wildman–Crippen LogP) is 4.46. The van der Waals surface area contributed by atoms with E-state index in [1.54, 1.807) is 0 Å². The number of benzene rings is 2. The molecule has 0 spiro atoms. The number of carbonyl (C=O) groups is 1. The van der Waals surface area contributed by atoms with Crippen LogP contribution in [0, 0.1) is 0 Å². The zero-order valence-corrected chi connectivity index (χ0v) is 13.4. The van der Waals surface area contributed by atoms with E-state index in [-0.39, 0.29) is 12.5 Å². The molecule has 0 radical (unpaired) electrons. The van der Waals surface area contributed by atoms with E-state index in [2.05, 4.69) is 10.3 Å². The molecule has 4 nitrogen and oxygen atoms in total. The number of fused-ring (bicyclic) bond motifs is 1. The molecule has 2 aromatic carbocycles. The van der Waals surface area contributed by atoms with Crippen LogP contribution in [0.4, 0.5) is 5.69 Å². The van der Waals surface area contributed by atoms with E-state index in [0.717, 1.165) is 21.8 Å². The molecule has 114 valence electrons. The van der Waals surface area contributed by atoms with Crippen LogP contribution >= 0.6 is 22.9 Å². The van der Waals surface area contributed by atoms with Crippen LogP contribution in [0.25, 0.3) is 21.8 Å². The summed E-state index contributed by atoms with van der Waals surface area (Å²) in [6.07, 6.45) is 0. The molecule has 1 N–H and O–H groups in total. The molecule has 0 unspecified atom stereocenters. The zero-order chi connectivity index (χ0) is 15.8. The fourth-order valence-corrected chi connectivity index (χ4v) is 3.56. The predicted molar refractivity (Wildman–Crippen MR) is 92.1 cm³/mol. The topological polar surface area (TPSA) is 51.2 Å². The Kier molecular flexibility index (Phi) is 3.52. The van der Waals surface area contributed by atoms with Gasteiger partial charge in [0.05, 0.1) is 16.4 Å². The number of hydrogen-bond donors (Lipinski definition) is 1. The average molecular weight is 343 g/mol. The van der Waals surface area contributed by atoms with Crippen LogP contribution in [0.2, 0.25) is 5.02 Å². The van der Waals surface area contributed by atoms with Gasteiger partial charge in [-0.2, -0.15) is 0 Å². The van der Waals surface area contributed by atoms with E-state index in [0.29, 0.717) is 16.5 Å². The number of rotatable bonds is 2. The highest BCUT2D eigenvalue weighted by Crippen LogP contribution is 2.36. The summed E-state index contributed by atoms with van der Waals surface area (Å²) < 4.78 is 5.37. The zero-order valence-electron chi connectivity index (χ0n) is 11.9. The van der Waals surface area contributed by atoms with Gasteiger partial charge >= 0.3 is 0 Å². The number of anilines is 1. The summed E-state index contributed by atoms with van der Waals surface area (Å²) in [6.45, 7) is 0.0553. The summed E-state index contributed by atoms with van der Waals surface area (Å²) in [6, 6.07) is 13.3. The third-order valence-corrected chi connectivity index (χ3v) is 4.72. The first-order valence-corrected chi connectivity index (χ1v) is 8.24. The number of amides is 1. The van der Waals surface area contributed by atoms with E-state index in [9.17, 15) is 4.79 Å². The monoisotopic (exact) mass is 342 g/mol. The molecule has 0 atom stereocenters. The van der Waals surface area contributed by atoms with Gasteiger partial charge in [-0.1, -0.05) is 29.8 Å². The van der Waals surface area contributed by atoms with Crippen molar-refractivity contribution < 1.29 is 9.53 Å². The van der Waals surface area contributed by atoms with Gasteiger partial charge in [0.2, 0.25) is 0 Å². The maximum absolute atomic E-state index is 11.4. The summed E-state index contributed by atoms with van der Waals surface area (Å²) in [4.78, 5) is 16.1. The van der Waals surface area contributed by atoms with Crippen LogP contribution in [-0.2, 0) is 4.79 Å². The molecule has 0 saturated carbocycles. The van der Waals surface area contributed by atoms with Crippen molar-refractivity contribution in [1.82, 2.24) is 4.98 Å². The molecule has 0 fully saturated rings. The summed E-state index contributed by atoms with van der Waals surface area (Å²) >= 11 is 7.76. The second-order valence-corrected chi connectivity index (χ2v) is 6.33. The van der Waals surface area contributed by atoms with Crippen molar-refractivity contribution >= 4 is 34.5 Å². The highest BCUT2D eigenvalue weighted by Gasteiger charge is 2.17. The Bertz CT molecular complexity index is 907. The van der Waals surface area contributed by atoms with E-state index >= 15 is 0 Å². The Morgan fingerprint density at radius 2 is 2.09 bits per heavy atom. The van der Waals surface area contributed by atoms with Crippen LogP contribution in [0.5, 0.6) is 5.75 Å². The van der Waals surface area contributed by atoms with Gasteiger partial charge in [-0.25, -0.2) is 4.98 Å². The molecule has 4 rings (SSSR count). The van der Waals surface area contributed by atoms with Gasteiger partial charge in [0.1, 0.15) is 10.8 Å². The molecule has 3 aromatic rings. The minimum atomic E-state index is -0.148. The number of nitrogens with one attached hydrogen (secondary N) is 1. The fourth-order valence-electron chi connectivity index (χ4n) is 2.41. The average Bonchev–Trinajstić information content (AvgIpc) is 3.04. The SMILES string of the molecule is O=C1COc2ccc(-c3csc(-c4ccccc4Cl)n3)cc2N1. The van der Waals surface area contributed by atoms with Gasteiger partial charge in [0.15, 0.2) is 6.61 Å². The van der Waals surface area contributed by atoms with E-state index < -0.39 is 0 Å². The van der Waals surface area contributed by atoms with Crippen molar-refractivity contribution in [3.05, 3.63) is 52.9 Å². The molecule has 23 heavy (non-hydrogen) atoms. The number of nitrogens with zero attached hydrogens (tertiary/aromatic N) is 1. The fraction of sp³-hybridized carbons (Fsp3) is 0.0588. The largest absolute Gasteiger partial charge is 0.482 e. The number of aromatic nitrogens is 1. The molecule has 2 heterocycles. The van der Waals surface area contributed by atoms with Crippen LogP contribution < -0.4 is 10.1 Å². The van der Waals surface area contributed by atoms with Gasteiger partial charge < -0.3 is 10.1 Å². The minimum Gasteiger partial charge on any atom is -0.482 e. The second-order valence-electron chi connectivity index (χ2n) is 5.07. The highest BCUT2D eigenvalue weighted by molar-refractivity contribution is 7.13. The molecular weight excluding hydrogens is 332 g/mol. The Morgan fingerprint density at radius 3 is 2.96 bits per heavy atom. The van der Waals surface area contributed by atoms with Crippen molar-refractivity contribution in [2.45, 2.75) is 0 Å². The maximum atomic E-state index is 11.4. The van der Waals surface area contributed by atoms with E-state index in [1.165, 1.54) is 11.3 Å². The first-order chi connectivity index (χ1) is 11.2. The van der Waals surface area contributed by atoms with E-state index in [1.807, 2.05) is 47.8 Å². The van der Waals surface area contributed by atoms with Gasteiger partial charge in [-0.15, -0.1) is 11.3 Å². The molecule has 0 saturated heterocycles. The van der Waals surface area contributed by atoms with Crippen LogP contribution in [0.3, 0.4) is 0 Å². The first kappa shape index (κ1) is 14.2. The smallest absolute Gasteiger partial charge is 0.262 e. The van der Waals surface area contributed by atoms with Crippen molar-refractivity contribution in [1.29, 1.82) is 0 Å². The molecule has 0 bridgehead atoms. The lowest BCUT2D eigenvalue weighted by atomic mass is 10.1. The van der Waals surface area contributed by atoms with Gasteiger partial charge in [-0.05, 0) is 24.3 Å². The summed E-state index contributed by atoms with van der Waals surface area (Å²) in [7, 11) is 0. The lowest BCUT2D eigenvalue weighted by Gasteiger charge is -2.18. The molecule has 1 aromatic heterocycles. The summed E-state index contributed by atoms with van der Waals surface area (Å²) in [5.74, 6) is 0.527. The lowest BCUT2D eigenvalue weighted by molar-refractivity contribution is -0.118. The van der Waals surface area contributed by atoms with Crippen LogP contribution in [0.1, 0.15) is 0 Å². The molecule has 1 amide bonds. The lowest BCUT2D eigenvalue weighted by Crippen LogP contribution is -2.25. The van der Waals surface area contributed by atoms with Crippen molar-refractivity contribution in [2.24, 2.45) is 0 Å². The number of carbonyl (C=O) groups excluding carboxylic acids is 1. The number of hydrogen-bond acceptors (Lipinski definition) is 4. The number of thiazole rings is 1. The number of ether oxygens (including phenoxy) is 1. The maximum Gasteiger partial charge on any atom is 0.262 e. The van der Waals surface area contributed by atoms with Crippen molar-refractivity contribution in [2.75, 3.05) is 11.9 Å². The third-order valence-electron chi connectivity index (χ3n) is 3.52. The normalized spacial score (nSPS) is 13.2. The Hall–Kier alpha value is -2.37. The number of halogens is 1. The quantitative estimate of drug-likeness (QED) is 0.748. The Balaban J connectivity index is 1.71. The third kappa shape index (κ3) is 2.69. The Morgan fingerprint density at radius 1 is 1.22 bits per heavy atom. The molecule has 1 aliphatic heterocycles. The minimum absolute atomic E-state index is 0.0553. The van der Waals surface area contributed by atoms with Crippen molar-refractivity contribution in [3.8, 4) is 27.6 Å². The van der Waals surface area contributed by atoms with E-state index in [4.69, 9.17) is 16.3 Å². The molecule has 6 heteroatoms. The summed E-state index contributed by atoms with van der Waals surface area (Å²) in [5, 5.41) is 6.33. The first-order valence-electron chi connectivity index (χ1n) is 6.98. The Labute approximate surface area is 141 Å². The van der Waals surface area contributed by atoms with Gasteiger partial charge in [0, 0.05) is 16.5 Å². The van der Waals surface area contributed by atoms with Crippen LogP contribution in [-0.4, -0.2) is 17.5 Å². The summed E-state index contributed by atoms with van der Waals surface area (Å²) in [5.41, 5.74) is 3.35. The molecule has 0 aliphatic carbocycles. The molecule has 1 aliphatic rings.